The first-order valence-electron chi connectivity index (χ1n) is 8.09. The molecule has 0 amide bonds. The Labute approximate surface area is 156 Å². The molecule has 0 atom stereocenters. The minimum atomic E-state index is -3.65. The molecule has 2 heterocycles. The van der Waals surface area contributed by atoms with Crippen molar-refractivity contribution in [3.8, 4) is 11.3 Å². The number of hydrogen-bond donors (Lipinski definition) is 1. The van der Waals surface area contributed by atoms with Gasteiger partial charge in [-0.25, -0.2) is 13.1 Å². The molecule has 130 valence electrons. The van der Waals surface area contributed by atoms with Gasteiger partial charge in [-0.1, -0.05) is 42.5 Å². The van der Waals surface area contributed by atoms with E-state index in [-0.39, 0.29) is 11.4 Å². The van der Waals surface area contributed by atoms with E-state index < -0.39 is 10.0 Å². The lowest BCUT2D eigenvalue weighted by Crippen LogP contribution is -2.24. The molecule has 1 N–H and O–H groups in total. The Hall–Kier alpha value is -2.54. The number of nitrogens with one attached hydrogen (secondary N) is 1. The van der Waals surface area contributed by atoms with Crippen molar-refractivity contribution < 1.29 is 8.42 Å². The van der Waals surface area contributed by atoms with Crippen LogP contribution < -0.4 is 4.72 Å². The number of rotatable bonds is 5. The molecule has 0 spiro atoms. The summed E-state index contributed by atoms with van der Waals surface area (Å²) in [6.45, 7) is 0.185. The van der Waals surface area contributed by atoms with E-state index in [4.69, 9.17) is 0 Å². The maximum absolute atomic E-state index is 12.9. The summed E-state index contributed by atoms with van der Waals surface area (Å²) in [5.41, 5.74) is 2.64. The molecule has 4 nitrogen and oxygen atoms in total. The zero-order valence-corrected chi connectivity index (χ0v) is 15.4. The fraction of sp³-hybridized carbons (Fsp3) is 0.0500. The Balaban J connectivity index is 1.66. The molecule has 0 radical (unpaired) electrons. The van der Waals surface area contributed by atoms with Crippen molar-refractivity contribution in [2.45, 2.75) is 11.4 Å². The highest BCUT2D eigenvalue weighted by Gasteiger charge is 2.18. The molecule has 2 aromatic carbocycles. The van der Waals surface area contributed by atoms with Gasteiger partial charge in [-0.05, 0) is 34.5 Å². The van der Waals surface area contributed by atoms with Crippen LogP contribution in [0.3, 0.4) is 0 Å². The van der Waals surface area contributed by atoms with Gasteiger partial charge in [-0.3, -0.25) is 4.98 Å². The third-order valence-corrected chi connectivity index (χ3v) is 6.32. The maximum atomic E-state index is 12.9. The fourth-order valence-electron chi connectivity index (χ4n) is 2.92. The van der Waals surface area contributed by atoms with E-state index >= 15 is 0 Å². The maximum Gasteiger partial charge on any atom is 0.241 e. The molecule has 6 heteroatoms. The summed E-state index contributed by atoms with van der Waals surface area (Å²) in [5.74, 6) is 0. The molecule has 0 bridgehead atoms. The van der Waals surface area contributed by atoms with Gasteiger partial charge in [0, 0.05) is 29.1 Å². The minimum Gasteiger partial charge on any atom is -0.256 e. The standard InChI is InChI=1S/C20H16N2O2S2/c23-26(24,19-9-3-6-15-5-1-2-8-18(15)19)22-13-16-7-4-11-21-20(16)17-10-12-25-14-17/h1-12,14,22H,13H2. The van der Waals surface area contributed by atoms with Gasteiger partial charge in [-0.15, -0.1) is 0 Å². The van der Waals surface area contributed by atoms with Crippen LogP contribution >= 0.6 is 11.3 Å². The van der Waals surface area contributed by atoms with E-state index in [1.807, 2.05) is 59.3 Å². The SMILES string of the molecule is O=S(=O)(NCc1cccnc1-c1ccsc1)c1cccc2ccccc12. The molecular formula is C20H16N2O2S2. The van der Waals surface area contributed by atoms with E-state index in [0.29, 0.717) is 5.39 Å². The number of fused-ring (bicyclic) bond motifs is 1. The summed E-state index contributed by atoms with van der Waals surface area (Å²) >= 11 is 1.59. The average molecular weight is 380 g/mol. The highest BCUT2D eigenvalue weighted by Crippen LogP contribution is 2.25. The zero-order chi connectivity index (χ0) is 18.0. The van der Waals surface area contributed by atoms with Crippen molar-refractivity contribution in [3.05, 3.63) is 83.2 Å². The Morgan fingerprint density at radius 1 is 0.962 bits per heavy atom. The summed E-state index contributed by atoms with van der Waals surface area (Å²) < 4.78 is 28.5. The monoisotopic (exact) mass is 380 g/mol. The van der Waals surface area contributed by atoms with E-state index in [1.54, 1.807) is 29.7 Å². The van der Waals surface area contributed by atoms with Crippen molar-refractivity contribution in [2.24, 2.45) is 0 Å². The first kappa shape index (κ1) is 16.9. The van der Waals surface area contributed by atoms with E-state index in [9.17, 15) is 8.42 Å². The Bertz CT molecular complexity index is 1150. The summed E-state index contributed by atoms with van der Waals surface area (Å²) in [7, 11) is -3.65. The van der Waals surface area contributed by atoms with Crippen LogP contribution in [0.4, 0.5) is 0 Å². The van der Waals surface area contributed by atoms with E-state index in [0.717, 1.165) is 22.2 Å². The van der Waals surface area contributed by atoms with Crippen LogP contribution in [0.1, 0.15) is 5.56 Å². The number of benzene rings is 2. The first-order chi connectivity index (χ1) is 12.6. The van der Waals surface area contributed by atoms with Crippen molar-refractivity contribution in [3.63, 3.8) is 0 Å². The number of hydrogen-bond acceptors (Lipinski definition) is 4. The third kappa shape index (κ3) is 3.26. The van der Waals surface area contributed by atoms with Crippen molar-refractivity contribution >= 4 is 32.1 Å². The summed E-state index contributed by atoms with van der Waals surface area (Å²) in [6.07, 6.45) is 1.72. The predicted molar refractivity (Wildman–Crippen MR) is 106 cm³/mol. The van der Waals surface area contributed by atoms with Crippen LogP contribution in [0.2, 0.25) is 0 Å². The number of nitrogens with zero attached hydrogens (tertiary/aromatic N) is 1. The fourth-order valence-corrected chi connectivity index (χ4v) is 4.80. The molecule has 26 heavy (non-hydrogen) atoms. The van der Waals surface area contributed by atoms with Gasteiger partial charge in [0.1, 0.15) is 0 Å². The number of pyridine rings is 1. The minimum absolute atomic E-state index is 0.185. The zero-order valence-electron chi connectivity index (χ0n) is 13.8. The van der Waals surface area contributed by atoms with Gasteiger partial charge in [0.15, 0.2) is 0 Å². The van der Waals surface area contributed by atoms with Gasteiger partial charge in [0.2, 0.25) is 10.0 Å². The normalized spacial score (nSPS) is 11.7. The highest BCUT2D eigenvalue weighted by atomic mass is 32.2. The summed E-state index contributed by atoms with van der Waals surface area (Å²) in [4.78, 5) is 4.70. The van der Waals surface area contributed by atoms with Gasteiger partial charge in [-0.2, -0.15) is 11.3 Å². The predicted octanol–water partition coefficient (Wildman–Crippen LogP) is 4.44. The van der Waals surface area contributed by atoms with Gasteiger partial charge in [0.05, 0.1) is 10.6 Å². The van der Waals surface area contributed by atoms with Gasteiger partial charge in [0.25, 0.3) is 0 Å². The average Bonchev–Trinajstić information content (AvgIpc) is 3.21. The number of thiophene rings is 1. The number of sulfonamides is 1. The molecule has 0 fully saturated rings. The van der Waals surface area contributed by atoms with Gasteiger partial charge < -0.3 is 0 Å². The van der Waals surface area contributed by atoms with Crippen LogP contribution in [0.15, 0.2) is 82.5 Å². The second-order valence-electron chi connectivity index (χ2n) is 5.82. The molecule has 4 rings (SSSR count). The molecule has 0 unspecified atom stereocenters. The molecule has 0 saturated heterocycles. The molecule has 0 aliphatic carbocycles. The smallest absolute Gasteiger partial charge is 0.241 e. The van der Waals surface area contributed by atoms with E-state index in [2.05, 4.69) is 9.71 Å². The topological polar surface area (TPSA) is 59.1 Å². The first-order valence-corrected chi connectivity index (χ1v) is 10.5. The molecule has 0 aliphatic rings. The van der Waals surface area contributed by atoms with Crippen LogP contribution in [0.25, 0.3) is 22.0 Å². The Morgan fingerprint density at radius 3 is 2.65 bits per heavy atom. The third-order valence-electron chi connectivity index (χ3n) is 4.18. The number of aromatic nitrogens is 1. The molecule has 0 saturated carbocycles. The Kier molecular flexibility index (Phi) is 4.55. The largest absolute Gasteiger partial charge is 0.256 e. The van der Waals surface area contributed by atoms with Crippen LogP contribution in [-0.4, -0.2) is 13.4 Å². The van der Waals surface area contributed by atoms with Crippen LogP contribution in [0.5, 0.6) is 0 Å². The van der Waals surface area contributed by atoms with E-state index in [1.165, 1.54) is 0 Å². The lowest BCUT2D eigenvalue weighted by atomic mass is 10.1. The lowest BCUT2D eigenvalue weighted by Gasteiger charge is -2.11. The highest BCUT2D eigenvalue weighted by molar-refractivity contribution is 7.89. The molecular weight excluding hydrogens is 364 g/mol. The van der Waals surface area contributed by atoms with Crippen molar-refractivity contribution in [2.75, 3.05) is 0 Å². The van der Waals surface area contributed by atoms with Crippen molar-refractivity contribution in [1.82, 2.24) is 9.71 Å². The lowest BCUT2D eigenvalue weighted by molar-refractivity contribution is 0.582. The quantitative estimate of drug-likeness (QED) is 0.557. The van der Waals surface area contributed by atoms with Crippen molar-refractivity contribution in [1.29, 1.82) is 0 Å². The molecule has 0 aliphatic heterocycles. The van der Waals surface area contributed by atoms with Gasteiger partial charge >= 0.3 is 0 Å². The molecule has 4 aromatic rings. The van der Waals surface area contributed by atoms with Crippen LogP contribution in [0, 0.1) is 0 Å². The second kappa shape index (κ2) is 6.99. The Morgan fingerprint density at radius 2 is 1.81 bits per heavy atom. The summed E-state index contributed by atoms with van der Waals surface area (Å²) in [6, 6.07) is 18.5. The molecule has 2 aromatic heterocycles. The summed E-state index contributed by atoms with van der Waals surface area (Å²) in [5, 5.41) is 5.60. The van der Waals surface area contributed by atoms with Crippen LogP contribution in [-0.2, 0) is 16.6 Å². The second-order valence-corrected chi connectivity index (χ2v) is 8.34.